The number of anilines is 1. The van der Waals surface area contributed by atoms with Crippen LogP contribution in [0.3, 0.4) is 0 Å². The molecule has 0 fully saturated rings. The van der Waals surface area contributed by atoms with Crippen LogP contribution in [0.15, 0.2) is 0 Å². The van der Waals surface area contributed by atoms with E-state index in [1.165, 1.54) is 17.7 Å². The number of aromatic nitrogens is 2. The fourth-order valence-electron chi connectivity index (χ4n) is 1.96. The lowest BCUT2D eigenvalue weighted by atomic mass is 10.2. The number of nitrogens with zero attached hydrogens (tertiary/aromatic N) is 2. The van der Waals surface area contributed by atoms with Crippen molar-refractivity contribution < 1.29 is 4.74 Å². The number of fused-ring (bicyclic) bond motifs is 1. The van der Waals surface area contributed by atoms with Crippen molar-refractivity contribution in [1.29, 1.82) is 0 Å². The molecular formula is C11H17N3O. The van der Waals surface area contributed by atoms with E-state index in [4.69, 9.17) is 4.74 Å². The van der Waals surface area contributed by atoms with Crippen LogP contribution in [0.1, 0.15) is 23.4 Å². The summed E-state index contributed by atoms with van der Waals surface area (Å²) in [6.07, 6.45) is 3.45. The molecule has 15 heavy (non-hydrogen) atoms. The van der Waals surface area contributed by atoms with Gasteiger partial charge < -0.3 is 10.1 Å². The van der Waals surface area contributed by atoms with Gasteiger partial charge in [-0.1, -0.05) is 0 Å². The summed E-state index contributed by atoms with van der Waals surface area (Å²) in [6.45, 7) is 3.50. The second-order valence-corrected chi connectivity index (χ2v) is 3.83. The molecule has 0 aliphatic heterocycles. The van der Waals surface area contributed by atoms with Crippen molar-refractivity contribution in [3.05, 3.63) is 17.0 Å². The zero-order chi connectivity index (χ0) is 10.7. The molecular weight excluding hydrogens is 190 g/mol. The molecule has 0 spiro atoms. The van der Waals surface area contributed by atoms with Crippen molar-refractivity contribution in [3.8, 4) is 0 Å². The number of methoxy groups -OCH3 is 1. The van der Waals surface area contributed by atoms with Gasteiger partial charge in [0, 0.05) is 25.0 Å². The van der Waals surface area contributed by atoms with Gasteiger partial charge in [-0.25, -0.2) is 9.97 Å². The third-order valence-electron chi connectivity index (χ3n) is 2.73. The topological polar surface area (TPSA) is 47.0 Å². The molecule has 0 bridgehead atoms. The predicted octanol–water partition coefficient (Wildman–Crippen LogP) is 1.33. The fourth-order valence-corrected chi connectivity index (χ4v) is 1.96. The third kappa shape index (κ3) is 2.26. The second-order valence-electron chi connectivity index (χ2n) is 3.83. The fraction of sp³-hybridized carbons (Fsp3) is 0.636. The minimum atomic E-state index is 0.680. The highest BCUT2D eigenvalue weighted by molar-refractivity contribution is 5.36. The van der Waals surface area contributed by atoms with Gasteiger partial charge in [0.2, 0.25) is 5.95 Å². The quantitative estimate of drug-likeness (QED) is 0.757. The SMILES string of the molecule is COCCNc1nc(C)c2c(n1)CCC2. The molecule has 1 aliphatic carbocycles. The number of hydrogen-bond donors (Lipinski definition) is 1. The van der Waals surface area contributed by atoms with Crippen LogP contribution in [0.4, 0.5) is 5.95 Å². The van der Waals surface area contributed by atoms with E-state index in [0.717, 1.165) is 31.0 Å². The number of aryl methyl sites for hydroxylation is 2. The van der Waals surface area contributed by atoms with E-state index in [2.05, 4.69) is 22.2 Å². The molecule has 1 aromatic heterocycles. The maximum atomic E-state index is 4.97. The predicted molar refractivity (Wildman–Crippen MR) is 59.2 cm³/mol. The Hall–Kier alpha value is -1.16. The summed E-state index contributed by atoms with van der Waals surface area (Å²) in [5.41, 5.74) is 3.70. The Labute approximate surface area is 90.1 Å². The third-order valence-corrected chi connectivity index (χ3v) is 2.73. The summed E-state index contributed by atoms with van der Waals surface area (Å²) >= 11 is 0. The average molecular weight is 207 g/mol. The molecule has 0 saturated heterocycles. The zero-order valence-electron chi connectivity index (χ0n) is 9.34. The van der Waals surface area contributed by atoms with Crippen LogP contribution in [0, 0.1) is 6.92 Å². The summed E-state index contributed by atoms with van der Waals surface area (Å²) in [5, 5.41) is 3.17. The first kappa shape index (κ1) is 10.4. The second kappa shape index (κ2) is 4.57. The maximum Gasteiger partial charge on any atom is 0.223 e. The summed E-state index contributed by atoms with van der Waals surface area (Å²) < 4.78 is 4.97. The standard InChI is InChI=1S/C11H17N3O/c1-8-9-4-3-5-10(9)14-11(13-8)12-6-7-15-2/h3-7H2,1-2H3,(H,12,13,14). The minimum Gasteiger partial charge on any atom is -0.383 e. The first-order chi connectivity index (χ1) is 7.31. The number of ether oxygens (including phenoxy) is 1. The minimum absolute atomic E-state index is 0.680. The number of rotatable bonds is 4. The van der Waals surface area contributed by atoms with Crippen molar-refractivity contribution in [2.24, 2.45) is 0 Å². The molecule has 0 radical (unpaired) electrons. The molecule has 4 heteroatoms. The van der Waals surface area contributed by atoms with Crippen LogP contribution in [0.5, 0.6) is 0 Å². The maximum absolute atomic E-state index is 4.97. The highest BCUT2D eigenvalue weighted by Crippen LogP contribution is 2.23. The van der Waals surface area contributed by atoms with Crippen LogP contribution in [-0.4, -0.2) is 30.2 Å². The van der Waals surface area contributed by atoms with Gasteiger partial charge in [0.1, 0.15) is 0 Å². The van der Waals surface area contributed by atoms with Gasteiger partial charge in [-0.3, -0.25) is 0 Å². The summed E-state index contributed by atoms with van der Waals surface area (Å²) in [4.78, 5) is 8.95. The van der Waals surface area contributed by atoms with Crippen molar-refractivity contribution >= 4 is 5.95 Å². The molecule has 1 aromatic rings. The smallest absolute Gasteiger partial charge is 0.223 e. The Morgan fingerprint density at radius 2 is 2.20 bits per heavy atom. The molecule has 0 unspecified atom stereocenters. The van der Waals surface area contributed by atoms with E-state index >= 15 is 0 Å². The van der Waals surface area contributed by atoms with E-state index in [1.807, 2.05) is 0 Å². The molecule has 2 rings (SSSR count). The van der Waals surface area contributed by atoms with E-state index in [9.17, 15) is 0 Å². The first-order valence-corrected chi connectivity index (χ1v) is 5.40. The van der Waals surface area contributed by atoms with Crippen LogP contribution >= 0.6 is 0 Å². The number of hydrogen-bond acceptors (Lipinski definition) is 4. The van der Waals surface area contributed by atoms with Gasteiger partial charge in [-0.2, -0.15) is 0 Å². The van der Waals surface area contributed by atoms with Crippen LogP contribution in [0.25, 0.3) is 0 Å². The zero-order valence-corrected chi connectivity index (χ0v) is 9.34. The molecule has 0 saturated carbocycles. The Morgan fingerprint density at radius 1 is 1.33 bits per heavy atom. The average Bonchev–Trinajstić information content (AvgIpc) is 2.66. The van der Waals surface area contributed by atoms with Gasteiger partial charge in [0.05, 0.1) is 6.61 Å². The summed E-state index contributed by atoms with van der Waals surface area (Å²) in [5.74, 6) is 0.741. The largest absolute Gasteiger partial charge is 0.383 e. The molecule has 0 amide bonds. The first-order valence-electron chi connectivity index (χ1n) is 5.40. The monoisotopic (exact) mass is 207 g/mol. The van der Waals surface area contributed by atoms with Crippen molar-refractivity contribution in [1.82, 2.24) is 9.97 Å². The van der Waals surface area contributed by atoms with Crippen molar-refractivity contribution in [2.75, 3.05) is 25.6 Å². The highest BCUT2D eigenvalue weighted by Gasteiger charge is 2.16. The Balaban J connectivity index is 2.09. The lowest BCUT2D eigenvalue weighted by Gasteiger charge is -2.08. The summed E-state index contributed by atoms with van der Waals surface area (Å²) in [6, 6.07) is 0. The molecule has 1 heterocycles. The van der Waals surface area contributed by atoms with Gasteiger partial charge in [-0.15, -0.1) is 0 Å². The van der Waals surface area contributed by atoms with Gasteiger partial charge >= 0.3 is 0 Å². The lowest BCUT2D eigenvalue weighted by molar-refractivity contribution is 0.210. The van der Waals surface area contributed by atoms with Crippen LogP contribution < -0.4 is 5.32 Å². The molecule has 0 aromatic carbocycles. The molecule has 1 aliphatic rings. The van der Waals surface area contributed by atoms with Gasteiger partial charge in [0.15, 0.2) is 0 Å². The van der Waals surface area contributed by atoms with Crippen molar-refractivity contribution in [2.45, 2.75) is 26.2 Å². The Kier molecular flexibility index (Phi) is 3.16. The van der Waals surface area contributed by atoms with Gasteiger partial charge in [-0.05, 0) is 31.7 Å². The van der Waals surface area contributed by atoms with Crippen LogP contribution in [0.2, 0.25) is 0 Å². The number of nitrogens with one attached hydrogen (secondary N) is 1. The highest BCUT2D eigenvalue weighted by atomic mass is 16.5. The normalized spacial score (nSPS) is 14.0. The van der Waals surface area contributed by atoms with Crippen molar-refractivity contribution in [3.63, 3.8) is 0 Å². The summed E-state index contributed by atoms with van der Waals surface area (Å²) in [7, 11) is 1.69. The Bertz CT molecular complexity index is 352. The molecule has 0 atom stereocenters. The molecule has 4 nitrogen and oxygen atoms in total. The van der Waals surface area contributed by atoms with Gasteiger partial charge in [0.25, 0.3) is 0 Å². The molecule has 1 N–H and O–H groups in total. The lowest BCUT2D eigenvalue weighted by Crippen LogP contribution is -2.12. The molecule has 82 valence electrons. The van der Waals surface area contributed by atoms with E-state index in [-0.39, 0.29) is 0 Å². The van der Waals surface area contributed by atoms with Crippen LogP contribution in [-0.2, 0) is 17.6 Å². The Morgan fingerprint density at radius 3 is 3.00 bits per heavy atom. The van der Waals surface area contributed by atoms with E-state index in [0.29, 0.717) is 6.61 Å². The van der Waals surface area contributed by atoms with E-state index < -0.39 is 0 Å². The van der Waals surface area contributed by atoms with E-state index in [1.54, 1.807) is 7.11 Å².